The minimum Gasteiger partial charge on any atom is -0.495 e. The monoisotopic (exact) mass is 314 g/mol. The quantitative estimate of drug-likeness (QED) is 0.821. The molecule has 6 nitrogen and oxygen atoms in total. The first kappa shape index (κ1) is 16.8. The van der Waals surface area contributed by atoms with Gasteiger partial charge in [0.15, 0.2) is 0 Å². The van der Waals surface area contributed by atoms with Crippen molar-refractivity contribution in [1.82, 2.24) is 9.88 Å². The average molecular weight is 314 g/mol. The fourth-order valence-corrected chi connectivity index (χ4v) is 1.98. The minimum atomic E-state index is -0.221. The van der Waals surface area contributed by atoms with Crippen molar-refractivity contribution in [2.75, 3.05) is 44.9 Å². The highest BCUT2D eigenvalue weighted by Crippen LogP contribution is 2.23. The first-order valence-electron chi connectivity index (χ1n) is 7.39. The first-order valence-corrected chi connectivity index (χ1v) is 7.39. The Bertz CT molecular complexity index is 641. The number of carbonyl (C=O) groups is 1. The summed E-state index contributed by atoms with van der Waals surface area (Å²) >= 11 is 0. The summed E-state index contributed by atoms with van der Waals surface area (Å²) in [5, 5.41) is 6.03. The standard InChI is InChI=1S/C17H22N4O2/c1-21(2)11-10-18-16-9-8-13(12-19-16)17(22)20-14-6-4-5-7-15(14)23-3/h4-9,12H,10-11H2,1-3H3,(H,18,19)(H,20,22). The summed E-state index contributed by atoms with van der Waals surface area (Å²) < 4.78 is 5.22. The Balaban J connectivity index is 1.97. The molecule has 1 amide bonds. The highest BCUT2D eigenvalue weighted by Gasteiger charge is 2.09. The van der Waals surface area contributed by atoms with Gasteiger partial charge < -0.3 is 20.3 Å². The van der Waals surface area contributed by atoms with Crippen molar-refractivity contribution in [2.45, 2.75) is 0 Å². The molecule has 1 heterocycles. The number of para-hydroxylation sites is 2. The van der Waals surface area contributed by atoms with Crippen LogP contribution in [0, 0.1) is 0 Å². The molecule has 23 heavy (non-hydrogen) atoms. The Kier molecular flexibility index (Phi) is 5.94. The Morgan fingerprint density at radius 1 is 1.22 bits per heavy atom. The molecule has 2 rings (SSSR count). The van der Waals surface area contributed by atoms with Gasteiger partial charge in [-0.1, -0.05) is 12.1 Å². The van der Waals surface area contributed by atoms with Crippen LogP contribution in [0.4, 0.5) is 11.5 Å². The lowest BCUT2D eigenvalue weighted by Crippen LogP contribution is -2.21. The van der Waals surface area contributed by atoms with E-state index in [9.17, 15) is 4.79 Å². The number of amides is 1. The molecule has 2 aromatic rings. The van der Waals surface area contributed by atoms with Crippen molar-refractivity contribution in [1.29, 1.82) is 0 Å². The maximum atomic E-state index is 12.3. The number of aromatic nitrogens is 1. The van der Waals surface area contributed by atoms with E-state index in [0.29, 0.717) is 17.0 Å². The van der Waals surface area contributed by atoms with Gasteiger partial charge in [0.1, 0.15) is 11.6 Å². The summed E-state index contributed by atoms with van der Waals surface area (Å²) in [4.78, 5) is 18.6. The zero-order valence-corrected chi connectivity index (χ0v) is 13.7. The van der Waals surface area contributed by atoms with E-state index < -0.39 is 0 Å². The number of nitrogens with zero attached hydrogens (tertiary/aromatic N) is 2. The van der Waals surface area contributed by atoms with Gasteiger partial charge >= 0.3 is 0 Å². The average Bonchev–Trinajstić information content (AvgIpc) is 2.55. The smallest absolute Gasteiger partial charge is 0.257 e. The lowest BCUT2D eigenvalue weighted by atomic mass is 10.2. The number of carbonyl (C=O) groups excluding carboxylic acids is 1. The van der Waals surface area contributed by atoms with Crippen LogP contribution >= 0.6 is 0 Å². The van der Waals surface area contributed by atoms with E-state index in [-0.39, 0.29) is 5.91 Å². The molecule has 0 aliphatic heterocycles. The van der Waals surface area contributed by atoms with Crippen LogP contribution in [0.1, 0.15) is 10.4 Å². The molecular weight excluding hydrogens is 292 g/mol. The van der Waals surface area contributed by atoms with Gasteiger partial charge in [-0.3, -0.25) is 4.79 Å². The lowest BCUT2D eigenvalue weighted by Gasteiger charge is -2.11. The maximum absolute atomic E-state index is 12.3. The lowest BCUT2D eigenvalue weighted by molar-refractivity contribution is 0.102. The van der Waals surface area contributed by atoms with Crippen molar-refractivity contribution in [3.8, 4) is 5.75 Å². The Labute approximate surface area is 136 Å². The van der Waals surface area contributed by atoms with Crippen molar-refractivity contribution in [3.63, 3.8) is 0 Å². The van der Waals surface area contributed by atoms with E-state index in [0.717, 1.165) is 18.9 Å². The van der Waals surface area contributed by atoms with Crippen LogP contribution in [-0.4, -0.2) is 50.1 Å². The van der Waals surface area contributed by atoms with Gasteiger partial charge in [0, 0.05) is 19.3 Å². The Hall–Kier alpha value is -2.60. The third kappa shape index (κ3) is 4.96. The van der Waals surface area contributed by atoms with Crippen LogP contribution in [0.25, 0.3) is 0 Å². The second-order valence-electron chi connectivity index (χ2n) is 5.32. The molecule has 0 spiro atoms. The number of rotatable bonds is 7. The van der Waals surface area contributed by atoms with Crippen molar-refractivity contribution in [2.24, 2.45) is 0 Å². The zero-order valence-electron chi connectivity index (χ0n) is 13.7. The SMILES string of the molecule is COc1ccccc1NC(=O)c1ccc(NCCN(C)C)nc1. The molecule has 122 valence electrons. The molecule has 0 aliphatic carbocycles. The molecule has 1 aromatic carbocycles. The predicted molar refractivity (Wildman–Crippen MR) is 92.2 cm³/mol. The second-order valence-corrected chi connectivity index (χ2v) is 5.32. The molecule has 0 aliphatic rings. The Morgan fingerprint density at radius 2 is 2.00 bits per heavy atom. The minimum absolute atomic E-state index is 0.221. The van der Waals surface area contributed by atoms with Crippen LogP contribution < -0.4 is 15.4 Å². The topological polar surface area (TPSA) is 66.5 Å². The predicted octanol–water partition coefficient (Wildman–Crippen LogP) is 2.32. The van der Waals surface area contributed by atoms with Gasteiger partial charge in [-0.15, -0.1) is 0 Å². The third-order valence-electron chi connectivity index (χ3n) is 3.25. The molecule has 0 atom stereocenters. The van der Waals surface area contributed by atoms with Crippen LogP contribution in [0.15, 0.2) is 42.6 Å². The maximum Gasteiger partial charge on any atom is 0.257 e. The van der Waals surface area contributed by atoms with Crippen molar-refractivity contribution in [3.05, 3.63) is 48.2 Å². The summed E-state index contributed by atoms with van der Waals surface area (Å²) in [5.74, 6) is 1.15. The molecule has 0 saturated heterocycles. The van der Waals surface area contributed by atoms with E-state index in [1.807, 2.05) is 26.2 Å². The summed E-state index contributed by atoms with van der Waals surface area (Å²) in [5.41, 5.74) is 1.13. The summed E-state index contributed by atoms with van der Waals surface area (Å²) in [6, 6.07) is 10.8. The number of benzene rings is 1. The van der Waals surface area contributed by atoms with E-state index in [4.69, 9.17) is 4.74 Å². The number of anilines is 2. The molecule has 1 aromatic heterocycles. The molecular formula is C17H22N4O2. The number of methoxy groups -OCH3 is 1. The van der Waals surface area contributed by atoms with Crippen LogP contribution in [0.2, 0.25) is 0 Å². The first-order chi connectivity index (χ1) is 11.1. The normalized spacial score (nSPS) is 10.4. The number of ether oxygens (including phenoxy) is 1. The number of nitrogens with one attached hydrogen (secondary N) is 2. The van der Waals surface area contributed by atoms with Gasteiger partial charge in [-0.25, -0.2) is 4.98 Å². The molecule has 0 bridgehead atoms. The molecule has 0 unspecified atom stereocenters. The summed E-state index contributed by atoms with van der Waals surface area (Å²) in [6.45, 7) is 1.71. The molecule has 0 radical (unpaired) electrons. The van der Waals surface area contributed by atoms with E-state index in [1.54, 1.807) is 37.6 Å². The summed E-state index contributed by atoms with van der Waals surface area (Å²) in [6.07, 6.45) is 1.56. The van der Waals surface area contributed by atoms with Gasteiger partial charge in [-0.05, 0) is 38.4 Å². The summed E-state index contributed by atoms with van der Waals surface area (Å²) in [7, 11) is 5.60. The van der Waals surface area contributed by atoms with Gasteiger partial charge in [0.25, 0.3) is 5.91 Å². The van der Waals surface area contributed by atoms with Crippen LogP contribution in [-0.2, 0) is 0 Å². The second kappa shape index (κ2) is 8.14. The third-order valence-corrected chi connectivity index (χ3v) is 3.25. The fraction of sp³-hybridized carbons (Fsp3) is 0.294. The number of likely N-dealkylation sites (N-methyl/N-ethyl adjacent to an activating group) is 1. The number of hydrogen-bond acceptors (Lipinski definition) is 5. The van der Waals surface area contributed by atoms with Gasteiger partial charge in [0.05, 0.1) is 18.4 Å². The van der Waals surface area contributed by atoms with Gasteiger partial charge in [0.2, 0.25) is 0 Å². The molecule has 0 saturated carbocycles. The Morgan fingerprint density at radius 3 is 2.65 bits per heavy atom. The number of pyridine rings is 1. The molecule has 0 fully saturated rings. The van der Waals surface area contributed by atoms with Gasteiger partial charge in [-0.2, -0.15) is 0 Å². The van der Waals surface area contributed by atoms with E-state index >= 15 is 0 Å². The van der Waals surface area contributed by atoms with E-state index in [2.05, 4.69) is 20.5 Å². The molecule has 6 heteroatoms. The largest absolute Gasteiger partial charge is 0.495 e. The van der Waals surface area contributed by atoms with Crippen LogP contribution in [0.3, 0.4) is 0 Å². The zero-order chi connectivity index (χ0) is 16.7. The highest BCUT2D eigenvalue weighted by molar-refractivity contribution is 6.04. The number of hydrogen-bond donors (Lipinski definition) is 2. The molecule has 2 N–H and O–H groups in total. The fourth-order valence-electron chi connectivity index (χ4n) is 1.98. The van der Waals surface area contributed by atoms with Crippen molar-refractivity contribution < 1.29 is 9.53 Å². The van der Waals surface area contributed by atoms with E-state index in [1.165, 1.54) is 0 Å². The van der Waals surface area contributed by atoms with Crippen molar-refractivity contribution >= 4 is 17.4 Å². The highest BCUT2D eigenvalue weighted by atomic mass is 16.5. The van der Waals surface area contributed by atoms with Crippen LogP contribution in [0.5, 0.6) is 5.75 Å².